The fourth-order valence-corrected chi connectivity index (χ4v) is 4.88. The second kappa shape index (κ2) is 8.28. The molecule has 2 aliphatic rings. The van der Waals surface area contributed by atoms with Crippen molar-refractivity contribution in [1.29, 1.82) is 0 Å². The van der Waals surface area contributed by atoms with E-state index in [2.05, 4.69) is 0 Å². The van der Waals surface area contributed by atoms with Crippen molar-refractivity contribution in [2.45, 2.75) is 51.7 Å². The number of halogens is 1. The molecule has 0 saturated carbocycles. The van der Waals surface area contributed by atoms with Crippen LogP contribution in [0.3, 0.4) is 0 Å². The Morgan fingerprint density at radius 3 is 2.48 bits per heavy atom. The molecule has 2 saturated heterocycles. The number of hydrogen-bond acceptors (Lipinski definition) is 3. The van der Waals surface area contributed by atoms with E-state index < -0.39 is 0 Å². The van der Waals surface area contributed by atoms with E-state index in [1.807, 2.05) is 29.4 Å². The van der Waals surface area contributed by atoms with Crippen molar-refractivity contribution in [1.82, 2.24) is 9.47 Å². The van der Waals surface area contributed by atoms with Gasteiger partial charge in [-0.2, -0.15) is 0 Å². The minimum absolute atomic E-state index is 0.0683. The number of ether oxygens (including phenoxy) is 1. The molecule has 0 bridgehead atoms. The van der Waals surface area contributed by atoms with Gasteiger partial charge in [0.25, 0.3) is 5.91 Å². The van der Waals surface area contributed by atoms with Crippen LogP contribution in [0.25, 0.3) is 5.69 Å². The molecule has 1 aromatic carbocycles. The van der Waals surface area contributed by atoms with Crippen molar-refractivity contribution in [3.8, 4) is 5.69 Å². The Balaban J connectivity index is 1.47. The van der Waals surface area contributed by atoms with Crippen LogP contribution < -0.4 is 5.73 Å². The van der Waals surface area contributed by atoms with E-state index in [9.17, 15) is 9.18 Å². The summed E-state index contributed by atoms with van der Waals surface area (Å²) in [5, 5.41) is 0. The molecule has 6 heteroatoms. The quantitative estimate of drug-likeness (QED) is 0.858. The number of nitrogens with two attached hydrogens (primary N) is 1. The third-order valence-corrected chi connectivity index (χ3v) is 6.45. The van der Waals surface area contributed by atoms with Crippen molar-refractivity contribution < 1.29 is 13.9 Å². The number of carbonyl (C=O) groups is 1. The zero-order valence-electron chi connectivity index (χ0n) is 17.2. The minimum Gasteiger partial charge on any atom is -0.376 e. The van der Waals surface area contributed by atoms with Crippen LogP contribution in [-0.4, -0.2) is 47.2 Å². The molecule has 2 unspecified atom stereocenters. The first kappa shape index (κ1) is 20.1. The summed E-state index contributed by atoms with van der Waals surface area (Å²) in [5.74, 6) is 0.233. The van der Waals surface area contributed by atoms with E-state index in [1.165, 1.54) is 12.1 Å². The van der Waals surface area contributed by atoms with Gasteiger partial charge in [0.2, 0.25) is 0 Å². The number of rotatable bonds is 3. The number of likely N-dealkylation sites (tertiary alicyclic amines) is 1. The molecule has 2 N–H and O–H groups in total. The van der Waals surface area contributed by atoms with Gasteiger partial charge >= 0.3 is 0 Å². The first-order valence-electron chi connectivity index (χ1n) is 10.6. The van der Waals surface area contributed by atoms with Gasteiger partial charge in [-0.3, -0.25) is 4.79 Å². The van der Waals surface area contributed by atoms with Crippen molar-refractivity contribution in [3.05, 3.63) is 53.1 Å². The molecule has 4 rings (SSSR count). The summed E-state index contributed by atoms with van der Waals surface area (Å²) in [4.78, 5) is 15.2. The Hall–Kier alpha value is -2.18. The van der Waals surface area contributed by atoms with Crippen molar-refractivity contribution in [3.63, 3.8) is 0 Å². The first-order chi connectivity index (χ1) is 14.0. The highest BCUT2D eigenvalue weighted by atomic mass is 19.1. The van der Waals surface area contributed by atoms with Gasteiger partial charge in [-0.25, -0.2) is 4.39 Å². The van der Waals surface area contributed by atoms with Gasteiger partial charge in [-0.15, -0.1) is 0 Å². The summed E-state index contributed by atoms with van der Waals surface area (Å²) in [6, 6.07) is 8.42. The highest BCUT2D eigenvalue weighted by Gasteiger charge is 2.34. The molecule has 29 heavy (non-hydrogen) atoms. The van der Waals surface area contributed by atoms with Crippen LogP contribution >= 0.6 is 0 Å². The van der Waals surface area contributed by atoms with E-state index in [-0.39, 0.29) is 23.9 Å². The number of benzene rings is 1. The molecule has 2 aromatic rings. The highest BCUT2D eigenvalue weighted by Crippen LogP contribution is 2.30. The summed E-state index contributed by atoms with van der Waals surface area (Å²) >= 11 is 0. The lowest BCUT2D eigenvalue weighted by atomic mass is 9.85. The van der Waals surface area contributed by atoms with Crippen LogP contribution in [0.15, 0.2) is 30.3 Å². The Kier molecular flexibility index (Phi) is 5.74. The lowest BCUT2D eigenvalue weighted by molar-refractivity contribution is -0.0480. The Labute approximate surface area is 171 Å². The van der Waals surface area contributed by atoms with Crippen molar-refractivity contribution in [2.75, 3.05) is 19.7 Å². The van der Waals surface area contributed by atoms with Gasteiger partial charge in [0.15, 0.2) is 0 Å². The minimum atomic E-state index is -0.267. The van der Waals surface area contributed by atoms with Crippen LogP contribution in [0.4, 0.5) is 4.39 Å². The second-order valence-electron chi connectivity index (χ2n) is 8.37. The Bertz CT molecular complexity index is 869. The van der Waals surface area contributed by atoms with E-state index >= 15 is 0 Å². The highest BCUT2D eigenvalue weighted by molar-refractivity contribution is 5.96. The van der Waals surface area contributed by atoms with Crippen molar-refractivity contribution >= 4 is 5.91 Å². The molecule has 156 valence electrons. The number of aryl methyl sites for hydroxylation is 1. The monoisotopic (exact) mass is 399 g/mol. The standard InChI is InChI=1S/C23H30FN3O2/c1-15-14-20(16(2)27(15)19-7-5-18(24)6-8-19)23(28)26-11-9-17(10-12-26)22-21(25)4-3-13-29-22/h5-8,14,17,21-22H,3-4,9-13,25H2,1-2H3. The van der Waals surface area contributed by atoms with Gasteiger partial charge in [0.05, 0.1) is 11.7 Å². The third-order valence-electron chi connectivity index (χ3n) is 6.45. The summed E-state index contributed by atoms with van der Waals surface area (Å²) in [6.07, 6.45) is 4.06. The van der Waals surface area contributed by atoms with Crippen molar-refractivity contribution in [2.24, 2.45) is 11.7 Å². The van der Waals surface area contributed by atoms with E-state index in [0.717, 1.165) is 68.0 Å². The lowest BCUT2D eigenvalue weighted by Crippen LogP contribution is -2.49. The van der Waals surface area contributed by atoms with Crippen LogP contribution in [0.1, 0.15) is 47.4 Å². The molecule has 2 aliphatic heterocycles. The maximum Gasteiger partial charge on any atom is 0.255 e. The van der Waals surface area contributed by atoms with E-state index in [1.54, 1.807) is 12.1 Å². The van der Waals surface area contributed by atoms with Crippen LogP contribution in [0.5, 0.6) is 0 Å². The maximum absolute atomic E-state index is 13.3. The average Bonchev–Trinajstić information content (AvgIpc) is 3.03. The predicted molar refractivity (Wildman–Crippen MR) is 111 cm³/mol. The van der Waals surface area contributed by atoms with Crippen LogP contribution in [0.2, 0.25) is 0 Å². The van der Waals surface area contributed by atoms with E-state index in [4.69, 9.17) is 10.5 Å². The van der Waals surface area contributed by atoms with Crippen LogP contribution in [-0.2, 0) is 4.74 Å². The smallest absolute Gasteiger partial charge is 0.255 e. The Morgan fingerprint density at radius 2 is 1.83 bits per heavy atom. The molecule has 3 heterocycles. The largest absolute Gasteiger partial charge is 0.376 e. The topological polar surface area (TPSA) is 60.5 Å². The second-order valence-corrected chi connectivity index (χ2v) is 8.37. The molecule has 0 radical (unpaired) electrons. The summed E-state index contributed by atoms with van der Waals surface area (Å²) in [6.45, 7) is 6.19. The number of hydrogen-bond donors (Lipinski definition) is 1. The fourth-order valence-electron chi connectivity index (χ4n) is 4.88. The van der Waals surface area contributed by atoms with Crippen LogP contribution in [0, 0.1) is 25.6 Å². The fraction of sp³-hybridized carbons (Fsp3) is 0.522. The number of amides is 1. The predicted octanol–water partition coefficient (Wildman–Crippen LogP) is 3.59. The molecule has 0 spiro atoms. The van der Waals surface area contributed by atoms with Gasteiger partial charge < -0.3 is 19.9 Å². The number of carbonyl (C=O) groups excluding carboxylic acids is 1. The zero-order chi connectivity index (χ0) is 20.5. The molecular weight excluding hydrogens is 369 g/mol. The van der Waals surface area contributed by atoms with E-state index in [0.29, 0.717) is 5.92 Å². The molecule has 5 nitrogen and oxygen atoms in total. The first-order valence-corrected chi connectivity index (χ1v) is 10.6. The van der Waals surface area contributed by atoms with Gasteiger partial charge in [-0.1, -0.05) is 0 Å². The summed E-state index contributed by atoms with van der Waals surface area (Å²) < 4.78 is 21.2. The molecule has 2 atom stereocenters. The SMILES string of the molecule is Cc1cc(C(=O)N2CCC(C3OCCCC3N)CC2)c(C)n1-c1ccc(F)cc1. The number of nitrogens with zero attached hydrogens (tertiary/aromatic N) is 2. The maximum atomic E-state index is 13.3. The molecule has 2 fully saturated rings. The molecule has 0 aliphatic carbocycles. The average molecular weight is 400 g/mol. The normalized spacial score (nSPS) is 23.4. The number of aromatic nitrogens is 1. The molecule has 1 amide bonds. The zero-order valence-corrected chi connectivity index (χ0v) is 17.2. The van der Waals surface area contributed by atoms with Gasteiger partial charge in [-0.05, 0) is 75.8 Å². The Morgan fingerprint density at radius 1 is 1.14 bits per heavy atom. The summed E-state index contributed by atoms with van der Waals surface area (Å²) in [7, 11) is 0. The number of piperidine rings is 1. The lowest BCUT2D eigenvalue weighted by Gasteiger charge is -2.40. The molecular formula is C23H30FN3O2. The summed E-state index contributed by atoms with van der Waals surface area (Å²) in [5.41, 5.74) is 9.70. The third kappa shape index (κ3) is 3.96. The van der Waals surface area contributed by atoms with Gasteiger partial charge in [0, 0.05) is 42.8 Å². The molecule has 1 aromatic heterocycles. The van der Waals surface area contributed by atoms with Gasteiger partial charge in [0.1, 0.15) is 5.82 Å².